The molecule has 0 aliphatic carbocycles. The van der Waals surface area contributed by atoms with Crippen LogP contribution in [0.25, 0.3) is 0 Å². The van der Waals surface area contributed by atoms with E-state index < -0.39 is 12.0 Å². The summed E-state index contributed by atoms with van der Waals surface area (Å²) in [6, 6.07) is -0.581. The Balaban J connectivity index is 3.17. The normalized spacial score (nSPS) is 12.5. The topological polar surface area (TPSA) is 97.1 Å². The van der Waals surface area contributed by atoms with Gasteiger partial charge in [-0.25, -0.2) is 9.48 Å². The number of carboxylic acid groups (broad SMARTS) is 1. The molecular formula is C11H18N4O3. The number of carboxylic acids is 1. The van der Waals surface area contributed by atoms with Crippen LogP contribution < -0.4 is 5.32 Å². The molecule has 1 unspecified atom stereocenters. The molecule has 0 bridgehead atoms. The summed E-state index contributed by atoms with van der Waals surface area (Å²) in [7, 11) is 0. The van der Waals surface area contributed by atoms with Crippen LogP contribution in [0, 0.1) is 0 Å². The molecule has 0 aromatic carbocycles. The van der Waals surface area contributed by atoms with Gasteiger partial charge in [0.05, 0.1) is 5.69 Å². The maximum atomic E-state index is 11.8. The Bertz CT molecular complexity index is 453. The zero-order chi connectivity index (χ0) is 13.9. The Morgan fingerprint density at radius 1 is 1.39 bits per heavy atom. The standard InChI is InChI=1S/C11H18N4O3/c1-5-12-10(16)7(4)15-9(6(2)3)8(11(17)18)13-14-15/h6-7H,5H2,1-4H3,(H,12,16)(H,17,18). The lowest BCUT2D eigenvalue weighted by molar-refractivity contribution is -0.124. The highest BCUT2D eigenvalue weighted by atomic mass is 16.4. The first-order chi connectivity index (χ1) is 8.40. The number of hydrogen-bond donors (Lipinski definition) is 2. The number of nitrogens with zero attached hydrogens (tertiary/aromatic N) is 3. The van der Waals surface area contributed by atoms with Crippen LogP contribution in [0.1, 0.15) is 55.8 Å². The van der Waals surface area contributed by atoms with E-state index in [9.17, 15) is 9.59 Å². The van der Waals surface area contributed by atoms with E-state index >= 15 is 0 Å². The number of amides is 1. The smallest absolute Gasteiger partial charge is 0.358 e. The molecule has 0 saturated carbocycles. The molecule has 0 aliphatic rings. The van der Waals surface area contributed by atoms with Gasteiger partial charge in [-0.3, -0.25) is 4.79 Å². The number of aromatic carboxylic acids is 1. The van der Waals surface area contributed by atoms with Crippen molar-refractivity contribution < 1.29 is 14.7 Å². The van der Waals surface area contributed by atoms with E-state index in [-0.39, 0.29) is 17.5 Å². The molecule has 0 aliphatic heterocycles. The summed E-state index contributed by atoms with van der Waals surface area (Å²) >= 11 is 0. The Labute approximate surface area is 105 Å². The molecule has 0 spiro atoms. The van der Waals surface area contributed by atoms with Gasteiger partial charge in [0.15, 0.2) is 5.69 Å². The van der Waals surface area contributed by atoms with Crippen molar-refractivity contribution in [1.82, 2.24) is 20.3 Å². The highest BCUT2D eigenvalue weighted by Gasteiger charge is 2.26. The van der Waals surface area contributed by atoms with Crippen LogP contribution in [0.2, 0.25) is 0 Å². The fourth-order valence-electron chi connectivity index (χ4n) is 1.71. The molecule has 2 N–H and O–H groups in total. The zero-order valence-corrected chi connectivity index (χ0v) is 11.0. The maximum absolute atomic E-state index is 11.8. The average Bonchev–Trinajstić information content (AvgIpc) is 2.72. The van der Waals surface area contributed by atoms with Gasteiger partial charge in [-0.1, -0.05) is 19.1 Å². The molecule has 1 atom stereocenters. The monoisotopic (exact) mass is 254 g/mol. The zero-order valence-electron chi connectivity index (χ0n) is 11.0. The molecule has 100 valence electrons. The molecule has 7 nitrogen and oxygen atoms in total. The van der Waals surface area contributed by atoms with Crippen LogP contribution in [0.4, 0.5) is 0 Å². The van der Waals surface area contributed by atoms with Crippen LogP contribution in [-0.2, 0) is 4.79 Å². The van der Waals surface area contributed by atoms with Gasteiger partial charge in [-0.2, -0.15) is 0 Å². The molecule has 1 amide bonds. The van der Waals surface area contributed by atoms with E-state index in [0.29, 0.717) is 12.2 Å². The van der Waals surface area contributed by atoms with E-state index in [4.69, 9.17) is 5.11 Å². The molecule has 18 heavy (non-hydrogen) atoms. The van der Waals surface area contributed by atoms with E-state index in [1.54, 1.807) is 6.92 Å². The van der Waals surface area contributed by atoms with Crippen LogP contribution in [0.3, 0.4) is 0 Å². The Morgan fingerprint density at radius 2 is 2.00 bits per heavy atom. The van der Waals surface area contributed by atoms with Crippen molar-refractivity contribution in [2.45, 2.75) is 39.7 Å². The minimum absolute atomic E-state index is 0.0806. The molecule has 1 rings (SSSR count). The fourth-order valence-corrected chi connectivity index (χ4v) is 1.71. The first-order valence-corrected chi connectivity index (χ1v) is 5.86. The quantitative estimate of drug-likeness (QED) is 0.810. The molecule has 1 aromatic rings. The van der Waals surface area contributed by atoms with Crippen molar-refractivity contribution in [3.05, 3.63) is 11.4 Å². The van der Waals surface area contributed by atoms with E-state index in [1.807, 2.05) is 20.8 Å². The van der Waals surface area contributed by atoms with E-state index in [2.05, 4.69) is 15.6 Å². The Kier molecular flexibility index (Phi) is 4.41. The lowest BCUT2D eigenvalue weighted by atomic mass is 10.1. The molecule has 0 saturated heterocycles. The van der Waals surface area contributed by atoms with Crippen molar-refractivity contribution in [2.75, 3.05) is 6.54 Å². The van der Waals surface area contributed by atoms with Crippen molar-refractivity contribution in [1.29, 1.82) is 0 Å². The molecule has 1 heterocycles. The number of hydrogen-bond acceptors (Lipinski definition) is 4. The van der Waals surface area contributed by atoms with Gasteiger partial charge < -0.3 is 10.4 Å². The third-order valence-corrected chi connectivity index (χ3v) is 2.58. The van der Waals surface area contributed by atoms with Crippen molar-refractivity contribution in [3.8, 4) is 0 Å². The second-order valence-corrected chi connectivity index (χ2v) is 4.30. The summed E-state index contributed by atoms with van der Waals surface area (Å²) in [6.07, 6.45) is 0. The number of likely N-dealkylation sites (N-methyl/N-ethyl adjacent to an activating group) is 1. The van der Waals surface area contributed by atoms with Gasteiger partial charge in [0, 0.05) is 6.54 Å². The predicted molar refractivity (Wildman–Crippen MR) is 64.5 cm³/mol. The number of aromatic nitrogens is 3. The van der Waals surface area contributed by atoms with Crippen LogP contribution in [0.15, 0.2) is 0 Å². The fraction of sp³-hybridized carbons (Fsp3) is 0.636. The van der Waals surface area contributed by atoms with Crippen molar-refractivity contribution >= 4 is 11.9 Å². The Morgan fingerprint density at radius 3 is 2.44 bits per heavy atom. The first-order valence-electron chi connectivity index (χ1n) is 5.86. The van der Waals surface area contributed by atoms with Gasteiger partial charge >= 0.3 is 5.97 Å². The summed E-state index contributed by atoms with van der Waals surface area (Å²) in [5.41, 5.74) is 0.363. The van der Waals surface area contributed by atoms with Crippen LogP contribution >= 0.6 is 0 Å². The third kappa shape index (κ3) is 2.66. The molecule has 1 aromatic heterocycles. The Hall–Kier alpha value is -1.92. The highest BCUT2D eigenvalue weighted by molar-refractivity contribution is 5.87. The second kappa shape index (κ2) is 5.61. The van der Waals surface area contributed by atoms with Gasteiger partial charge in [0.1, 0.15) is 6.04 Å². The van der Waals surface area contributed by atoms with Crippen LogP contribution in [0.5, 0.6) is 0 Å². The van der Waals surface area contributed by atoms with Crippen molar-refractivity contribution in [2.24, 2.45) is 0 Å². The number of rotatable bonds is 5. The highest BCUT2D eigenvalue weighted by Crippen LogP contribution is 2.21. The molecular weight excluding hydrogens is 236 g/mol. The molecule has 0 radical (unpaired) electrons. The van der Waals surface area contributed by atoms with Crippen LogP contribution in [-0.4, -0.2) is 38.5 Å². The largest absolute Gasteiger partial charge is 0.476 e. The average molecular weight is 254 g/mol. The lowest BCUT2D eigenvalue weighted by Gasteiger charge is -2.16. The SMILES string of the molecule is CCNC(=O)C(C)n1nnc(C(=O)O)c1C(C)C. The maximum Gasteiger partial charge on any atom is 0.358 e. The van der Waals surface area contributed by atoms with Gasteiger partial charge in [-0.05, 0) is 19.8 Å². The summed E-state index contributed by atoms with van der Waals surface area (Å²) in [4.78, 5) is 22.8. The minimum Gasteiger partial charge on any atom is -0.476 e. The van der Waals surface area contributed by atoms with Gasteiger partial charge in [0.25, 0.3) is 0 Å². The molecule has 7 heteroatoms. The predicted octanol–water partition coefficient (Wildman–Crippen LogP) is 0.797. The summed E-state index contributed by atoms with van der Waals surface area (Å²) in [5, 5.41) is 19.1. The summed E-state index contributed by atoms with van der Waals surface area (Å²) in [5.74, 6) is -1.42. The van der Waals surface area contributed by atoms with Crippen molar-refractivity contribution in [3.63, 3.8) is 0 Å². The summed E-state index contributed by atoms with van der Waals surface area (Å²) in [6.45, 7) is 7.67. The van der Waals surface area contributed by atoms with Gasteiger partial charge in [-0.15, -0.1) is 5.10 Å². The van der Waals surface area contributed by atoms with E-state index in [0.717, 1.165) is 0 Å². The first kappa shape index (κ1) is 14.1. The second-order valence-electron chi connectivity index (χ2n) is 4.30. The minimum atomic E-state index is -1.13. The third-order valence-electron chi connectivity index (χ3n) is 2.58. The number of nitrogens with one attached hydrogen (secondary N) is 1. The summed E-state index contributed by atoms with van der Waals surface area (Å²) < 4.78 is 1.37. The lowest BCUT2D eigenvalue weighted by Crippen LogP contribution is -2.32. The number of carbonyl (C=O) groups excluding carboxylic acids is 1. The van der Waals surface area contributed by atoms with Gasteiger partial charge in [0.2, 0.25) is 5.91 Å². The number of carbonyl (C=O) groups is 2. The van der Waals surface area contributed by atoms with E-state index in [1.165, 1.54) is 4.68 Å². The molecule has 0 fully saturated rings.